The molecule has 0 radical (unpaired) electrons. The van der Waals surface area contributed by atoms with Crippen LogP contribution in [0, 0.1) is 22.5 Å². The second kappa shape index (κ2) is 7.36. The average Bonchev–Trinajstić information content (AvgIpc) is 3.40. The number of anilines is 1. The highest BCUT2D eigenvalue weighted by Gasteiger charge is 2.73. The number of rotatable bonds is 4. The van der Waals surface area contributed by atoms with Crippen LogP contribution in [0.2, 0.25) is 0 Å². The molecule has 2 fully saturated rings. The molecule has 3 heterocycles. The fourth-order valence-electron chi connectivity index (χ4n) is 5.78. The minimum atomic E-state index is -1.35. The molecule has 0 saturated carbocycles. The summed E-state index contributed by atoms with van der Waals surface area (Å²) < 4.78 is 6.57. The van der Waals surface area contributed by atoms with Crippen LogP contribution in [0.3, 0.4) is 0 Å². The maximum atomic E-state index is 13.5. The smallest absolute Gasteiger partial charge is 0.256 e. The maximum absolute atomic E-state index is 13.5. The van der Waals surface area contributed by atoms with E-state index in [0.717, 1.165) is 17.3 Å². The number of halogens is 1. The van der Waals surface area contributed by atoms with Gasteiger partial charge in [-0.1, -0.05) is 40.0 Å². The van der Waals surface area contributed by atoms with E-state index in [1.54, 1.807) is 12.1 Å². The van der Waals surface area contributed by atoms with Crippen molar-refractivity contribution in [2.45, 2.75) is 36.4 Å². The van der Waals surface area contributed by atoms with Crippen LogP contribution >= 0.6 is 15.9 Å². The number of nitrogens with one attached hydrogen (secondary N) is 1. The summed E-state index contributed by atoms with van der Waals surface area (Å²) in [5.41, 5.74) is 0.677. The Labute approximate surface area is 188 Å². The lowest BCUT2D eigenvalue weighted by molar-refractivity contribution is -0.534. The number of fused-ring (bicyclic) bond motifs is 4. The maximum Gasteiger partial charge on any atom is 0.256 e. The Morgan fingerprint density at radius 1 is 1.35 bits per heavy atom. The fraction of sp³-hybridized carbons (Fsp3) is 0.348. The first kappa shape index (κ1) is 20.0. The molecule has 3 aliphatic heterocycles. The highest BCUT2D eigenvalue weighted by molar-refractivity contribution is 9.10. The molecular weight excluding hydrogens is 462 g/mol. The van der Waals surface area contributed by atoms with Gasteiger partial charge < -0.3 is 10.1 Å². The Kier molecular flexibility index (Phi) is 4.76. The van der Waals surface area contributed by atoms with E-state index in [9.17, 15) is 14.9 Å². The van der Waals surface area contributed by atoms with Gasteiger partial charge in [-0.3, -0.25) is 19.8 Å². The van der Waals surface area contributed by atoms with Crippen LogP contribution in [0.5, 0.6) is 5.75 Å². The second-order valence-electron chi connectivity index (χ2n) is 8.10. The van der Waals surface area contributed by atoms with Crippen LogP contribution in [0.25, 0.3) is 0 Å². The summed E-state index contributed by atoms with van der Waals surface area (Å²) in [4.78, 5) is 27.9. The number of carbonyl (C=O) groups excluding carboxylic acids is 1. The number of nitrogens with zero attached hydrogens (tertiary/aromatic N) is 2. The molecule has 1 spiro atoms. The van der Waals surface area contributed by atoms with Gasteiger partial charge in [-0.2, -0.15) is 0 Å². The van der Waals surface area contributed by atoms with Crippen LogP contribution in [0.4, 0.5) is 5.69 Å². The molecule has 7 nitrogen and oxygen atoms in total. The predicted octanol–water partition coefficient (Wildman–Crippen LogP) is 3.52. The van der Waals surface area contributed by atoms with Crippen molar-refractivity contribution in [1.82, 2.24) is 4.90 Å². The van der Waals surface area contributed by atoms with Crippen molar-refractivity contribution in [3.63, 3.8) is 0 Å². The summed E-state index contributed by atoms with van der Waals surface area (Å²) in [7, 11) is 0. The molecule has 3 aliphatic rings. The molecule has 0 bridgehead atoms. The molecule has 5 rings (SSSR count). The zero-order valence-electron chi connectivity index (χ0n) is 16.6. The van der Waals surface area contributed by atoms with Crippen LogP contribution in [0.15, 0.2) is 46.9 Å². The molecule has 0 unspecified atom stereocenters. The highest BCUT2D eigenvalue weighted by Crippen LogP contribution is 2.59. The van der Waals surface area contributed by atoms with E-state index < -0.39 is 17.5 Å². The summed E-state index contributed by atoms with van der Waals surface area (Å²) >= 11 is 3.50. The Morgan fingerprint density at radius 2 is 2.16 bits per heavy atom. The van der Waals surface area contributed by atoms with Gasteiger partial charge in [-0.25, -0.2) is 0 Å². The van der Waals surface area contributed by atoms with Crippen molar-refractivity contribution < 1.29 is 14.5 Å². The Hall–Kier alpha value is -2.89. The molecule has 158 valence electrons. The van der Waals surface area contributed by atoms with Crippen molar-refractivity contribution >= 4 is 27.5 Å². The van der Waals surface area contributed by atoms with Crippen LogP contribution < -0.4 is 10.1 Å². The fourth-order valence-corrected chi connectivity index (χ4v) is 6.16. The Morgan fingerprint density at radius 3 is 2.94 bits per heavy atom. The lowest BCUT2D eigenvalue weighted by Gasteiger charge is -2.32. The lowest BCUT2D eigenvalue weighted by atomic mass is 9.77. The third-order valence-corrected chi connectivity index (χ3v) is 7.23. The minimum Gasteiger partial charge on any atom is -0.481 e. The number of para-hydroxylation sites is 1. The van der Waals surface area contributed by atoms with Gasteiger partial charge in [-0.15, -0.1) is 6.42 Å². The molecule has 31 heavy (non-hydrogen) atoms. The highest BCUT2D eigenvalue weighted by atomic mass is 79.9. The summed E-state index contributed by atoms with van der Waals surface area (Å²) in [5, 5.41) is 15.6. The number of benzene rings is 2. The van der Waals surface area contributed by atoms with Gasteiger partial charge in [0.15, 0.2) is 5.54 Å². The first-order valence-electron chi connectivity index (χ1n) is 10.2. The van der Waals surface area contributed by atoms with Gasteiger partial charge in [0.05, 0.1) is 5.92 Å². The third kappa shape index (κ3) is 2.73. The summed E-state index contributed by atoms with van der Waals surface area (Å²) in [6.45, 7) is 0.690. The average molecular weight is 482 g/mol. The van der Waals surface area contributed by atoms with Gasteiger partial charge >= 0.3 is 0 Å². The van der Waals surface area contributed by atoms with E-state index in [1.807, 2.05) is 30.3 Å². The van der Waals surface area contributed by atoms with Gasteiger partial charge in [0.2, 0.25) is 0 Å². The normalized spacial score (nSPS) is 28.8. The van der Waals surface area contributed by atoms with Gasteiger partial charge in [0, 0.05) is 38.8 Å². The SMILES string of the molecule is C#CCOc1ccc(Br)cc1[C@H]1[C@H]([N+](=O)[O-])[C@@]2(C(=O)Nc3ccccc32)N2CCC[C@@H]12. The first-order valence-corrected chi connectivity index (χ1v) is 11.0. The molecule has 2 aromatic carbocycles. The van der Waals surface area contributed by atoms with E-state index in [2.05, 4.69) is 32.1 Å². The van der Waals surface area contributed by atoms with E-state index >= 15 is 0 Å². The van der Waals surface area contributed by atoms with Gasteiger partial charge in [0.1, 0.15) is 12.4 Å². The molecule has 8 heteroatoms. The molecule has 2 saturated heterocycles. The molecule has 2 aromatic rings. The van der Waals surface area contributed by atoms with E-state index in [4.69, 9.17) is 11.2 Å². The quantitative estimate of drug-likeness (QED) is 0.410. The Balaban J connectivity index is 1.75. The van der Waals surface area contributed by atoms with Crippen molar-refractivity contribution in [1.29, 1.82) is 0 Å². The first-order chi connectivity index (χ1) is 15.0. The predicted molar refractivity (Wildman–Crippen MR) is 118 cm³/mol. The topological polar surface area (TPSA) is 84.7 Å². The van der Waals surface area contributed by atoms with Crippen molar-refractivity contribution in [2.75, 3.05) is 18.5 Å². The summed E-state index contributed by atoms with van der Waals surface area (Å²) in [5.74, 6) is 2.12. The number of nitro groups is 1. The van der Waals surface area contributed by atoms with Gasteiger partial charge in [-0.05, 0) is 37.1 Å². The molecular formula is C23H20BrN3O4. The Bertz CT molecular complexity index is 1130. The number of hydrogen-bond acceptors (Lipinski definition) is 5. The number of amides is 1. The number of ether oxygens (including phenoxy) is 1. The molecule has 0 aromatic heterocycles. The van der Waals surface area contributed by atoms with Crippen LogP contribution in [0.1, 0.15) is 29.9 Å². The number of carbonyl (C=O) groups is 1. The molecule has 1 amide bonds. The molecule has 4 atom stereocenters. The monoisotopic (exact) mass is 481 g/mol. The second-order valence-corrected chi connectivity index (χ2v) is 9.02. The zero-order chi connectivity index (χ0) is 21.8. The third-order valence-electron chi connectivity index (χ3n) is 6.74. The number of terminal acetylenes is 1. The van der Waals surface area contributed by atoms with E-state index in [-0.39, 0.29) is 23.5 Å². The summed E-state index contributed by atoms with van der Waals surface area (Å²) in [6, 6.07) is 11.4. The van der Waals surface area contributed by atoms with Crippen molar-refractivity contribution in [2.24, 2.45) is 0 Å². The number of hydrogen-bond donors (Lipinski definition) is 1. The molecule has 1 N–H and O–H groups in total. The van der Waals surface area contributed by atoms with Crippen LogP contribution in [-0.2, 0) is 10.3 Å². The summed E-state index contributed by atoms with van der Waals surface area (Å²) in [6.07, 6.45) is 7.03. The molecule has 0 aliphatic carbocycles. The van der Waals surface area contributed by atoms with Gasteiger partial charge in [0.25, 0.3) is 11.9 Å². The largest absolute Gasteiger partial charge is 0.481 e. The van der Waals surface area contributed by atoms with E-state index in [0.29, 0.717) is 29.1 Å². The van der Waals surface area contributed by atoms with Crippen molar-refractivity contribution in [3.05, 3.63) is 68.2 Å². The van der Waals surface area contributed by atoms with E-state index in [1.165, 1.54) is 0 Å². The minimum absolute atomic E-state index is 0.0628. The zero-order valence-corrected chi connectivity index (χ0v) is 18.2. The lowest BCUT2D eigenvalue weighted by Crippen LogP contribution is -2.55. The van der Waals surface area contributed by atoms with Crippen molar-refractivity contribution in [3.8, 4) is 18.1 Å². The van der Waals surface area contributed by atoms with Crippen LogP contribution in [-0.4, -0.2) is 41.0 Å². The standard InChI is InChI=1S/C23H20BrN3O4/c1-2-12-31-19-10-9-14(24)13-15(19)20-18-8-5-11-26(18)23(21(20)27(29)30)16-6-3-4-7-17(16)25-22(23)28/h1,3-4,6-7,9-10,13,18,20-21H,5,8,11-12H2,(H,25,28)/t18-,20+,21-,23-/m0/s1.